The second-order valence-electron chi connectivity index (χ2n) is 4.75. The zero-order chi connectivity index (χ0) is 12.4. The van der Waals surface area contributed by atoms with E-state index in [1.165, 1.54) is 10.9 Å². The van der Waals surface area contributed by atoms with E-state index in [4.69, 9.17) is 5.73 Å². The number of phenolic OH excluding ortho intramolecular Hbond substituents is 1. The predicted molar refractivity (Wildman–Crippen MR) is 71.4 cm³/mol. The van der Waals surface area contributed by atoms with Crippen molar-refractivity contribution in [2.75, 3.05) is 6.54 Å². The molecular weight excluding hydrogens is 212 g/mol. The van der Waals surface area contributed by atoms with E-state index in [1.807, 2.05) is 12.1 Å². The Kier molecular flexibility index (Phi) is 3.38. The van der Waals surface area contributed by atoms with Crippen molar-refractivity contribution in [1.29, 1.82) is 0 Å². The third kappa shape index (κ3) is 2.29. The summed E-state index contributed by atoms with van der Waals surface area (Å²) in [6.45, 7) is 5.01. The molecule has 0 bridgehead atoms. The van der Waals surface area contributed by atoms with Gasteiger partial charge in [-0.1, -0.05) is 0 Å². The molecule has 1 aromatic carbocycles. The number of nitrogens with zero attached hydrogens (tertiary/aromatic N) is 1. The molecule has 1 heterocycles. The Labute approximate surface area is 102 Å². The van der Waals surface area contributed by atoms with Crippen LogP contribution in [0, 0.1) is 0 Å². The predicted octanol–water partition coefficient (Wildman–Crippen LogP) is 2.82. The van der Waals surface area contributed by atoms with Gasteiger partial charge in [0.1, 0.15) is 5.75 Å². The van der Waals surface area contributed by atoms with E-state index in [9.17, 15) is 5.11 Å². The summed E-state index contributed by atoms with van der Waals surface area (Å²) in [4.78, 5) is 0. The average Bonchev–Trinajstić information content (AvgIpc) is 2.64. The van der Waals surface area contributed by atoms with Crippen LogP contribution in [0.3, 0.4) is 0 Å². The van der Waals surface area contributed by atoms with Gasteiger partial charge in [-0.3, -0.25) is 0 Å². The summed E-state index contributed by atoms with van der Waals surface area (Å²) in [7, 11) is 0. The fraction of sp³-hybridized carbons (Fsp3) is 0.429. The van der Waals surface area contributed by atoms with Gasteiger partial charge >= 0.3 is 0 Å². The lowest BCUT2D eigenvalue weighted by molar-refractivity contribution is 0.475. The minimum absolute atomic E-state index is 0.322. The standard InChI is InChI=1S/C14H20N2O/c1-10(2)16-9-11(4-3-7-15)13-6-5-12(17)8-14(13)16/h5-6,8-10,17H,3-4,7,15H2,1-2H3. The number of aromatic nitrogens is 1. The van der Waals surface area contributed by atoms with Crippen molar-refractivity contribution in [3.63, 3.8) is 0 Å². The highest BCUT2D eigenvalue weighted by molar-refractivity contribution is 5.85. The van der Waals surface area contributed by atoms with Crippen LogP contribution >= 0.6 is 0 Å². The van der Waals surface area contributed by atoms with Crippen LogP contribution in [0.4, 0.5) is 0 Å². The minimum atomic E-state index is 0.322. The number of aromatic hydroxyl groups is 1. The molecular formula is C14H20N2O. The van der Waals surface area contributed by atoms with E-state index >= 15 is 0 Å². The van der Waals surface area contributed by atoms with Gasteiger partial charge in [0.15, 0.2) is 0 Å². The monoisotopic (exact) mass is 232 g/mol. The Morgan fingerprint density at radius 1 is 1.35 bits per heavy atom. The maximum absolute atomic E-state index is 9.59. The van der Waals surface area contributed by atoms with Gasteiger partial charge in [0, 0.05) is 23.7 Å². The highest BCUT2D eigenvalue weighted by Gasteiger charge is 2.10. The molecule has 0 unspecified atom stereocenters. The number of fused-ring (bicyclic) bond motifs is 1. The number of rotatable bonds is 4. The fourth-order valence-corrected chi connectivity index (χ4v) is 2.23. The van der Waals surface area contributed by atoms with Gasteiger partial charge in [-0.05, 0) is 50.9 Å². The Morgan fingerprint density at radius 2 is 2.12 bits per heavy atom. The molecule has 92 valence electrons. The molecule has 0 aliphatic heterocycles. The van der Waals surface area contributed by atoms with Crippen LogP contribution in [-0.2, 0) is 6.42 Å². The summed E-state index contributed by atoms with van der Waals surface area (Å²) >= 11 is 0. The largest absolute Gasteiger partial charge is 0.508 e. The number of nitrogens with two attached hydrogens (primary N) is 1. The minimum Gasteiger partial charge on any atom is -0.508 e. The van der Waals surface area contributed by atoms with Crippen molar-refractivity contribution in [2.24, 2.45) is 5.73 Å². The third-order valence-corrected chi connectivity index (χ3v) is 3.11. The average molecular weight is 232 g/mol. The number of phenols is 1. The summed E-state index contributed by atoms with van der Waals surface area (Å²) < 4.78 is 2.21. The van der Waals surface area contributed by atoms with Crippen molar-refractivity contribution in [2.45, 2.75) is 32.7 Å². The molecule has 2 rings (SSSR count). The van der Waals surface area contributed by atoms with Crippen molar-refractivity contribution in [3.8, 4) is 5.75 Å². The van der Waals surface area contributed by atoms with Gasteiger partial charge in [-0.25, -0.2) is 0 Å². The Bertz CT molecular complexity index is 514. The molecule has 0 radical (unpaired) electrons. The molecule has 1 aromatic heterocycles. The van der Waals surface area contributed by atoms with Gasteiger partial charge in [0.25, 0.3) is 0 Å². The first-order valence-electron chi connectivity index (χ1n) is 6.16. The molecule has 17 heavy (non-hydrogen) atoms. The van der Waals surface area contributed by atoms with Crippen molar-refractivity contribution in [3.05, 3.63) is 30.0 Å². The molecule has 3 nitrogen and oxygen atoms in total. The van der Waals surface area contributed by atoms with E-state index in [1.54, 1.807) is 6.07 Å². The number of aryl methyl sites for hydroxylation is 1. The van der Waals surface area contributed by atoms with Crippen molar-refractivity contribution in [1.82, 2.24) is 4.57 Å². The molecule has 2 aromatic rings. The van der Waals surface area contributed by atoms with Crippen LogP contribution in [-0.4, -0.2) is 16.2 Å². The van der Waals surface area contributed by atoms with Gasteiger partial charge in [0.05, 0.1) is 5.52 Å². The van der Waals surface area contributed by atoms with E-state index < -0.39 is 0 Å². The summed E-state index contributed by atoms with van der Waals surface area (Å²) in [5.41, 5.74) is 7.99. The maximum Gasteiger partial charge on any atom is 0.117 e. The Hall–Kier alpha value is -1.48. The smallest absolute Gasteiger partial charge is 0.117 e. The van der Waals surface area contributed by atoms with Crippen molar-refractivity contribution >= 4 is 10.9 Å². The normalized spacial score (nSPS) is 11.5. The number of benzene rings is 1. The molecule has 0 aliphatic rings. The lowest BCUT2D eigenvalue weighted by Crippen LogP contribution is -2.00. The quantitative estimate of drug-likeness (QED) is 0.851. The topological polar surface area (TPSA) is 51.2 Å². The van der Waals surface area contributed by atoms with Crippen molar-refractivity contribution < 1.29 is 5.11 Å². The van der Waals surface area contributed by atoms with Gasteiger partial charge < -0.3 is 15.4 Å². The zero-order valence-electron chi connectivity index (χ0n) is 10.5. The summed E-state index contributed by atoms with van der Waals surface area (Å²) in [5, 5.41) is 10.8. The third-order valence-electron chi connectivity index (χ3n) is 3.11. The summed E-state index contributed by atoms with van der Waals surface area (Å²) in [6, 6.07) is 5.97. The van der Waals surface area contributed by atoms with Crippen LogP contribution in [0.1, 0.15) is 31.9 Å². The maximum atomic E-state index is 9.59. The molecule has 3 N–H and O–H groups in total. The van der Waals surface area contributed by atoms with Crippen LogP contribution in [0.5, 0.6) is 5.75 Å². The Balaban J connectivity index is 2.54. The zero-order valence-corrected chi connectivity index (χ0v) is 10.5. The van der Waals surface area contributed by atoms with Crippen LogP contribution in [0.25, 0.3) is 10.9 Å². The lowest BCUT2D eigenvalue weighted by atomic mass is 10.1. The van der Waals surface area contributed by atoms with E-state index in [-0.39, 0.29) is 0 Å². The molecule has 0 atom stereocenters. The second-order valence-corrected chi connectivity index (χ2v) is 4.75. The summed E-state index contributed by atoms with van der Waals surface area (Å²) in [5.74, 6) is 0.322. The molecule has 0 spiro atoms. The van der Waals surface area contributed by atoms with Crippen LogP contribution in [0.2, 0.25) is 0 Å². The Morgan fingerprint density at radius 3 is 2.76 bits per heavy atom. The number of hydrogen-bond donors (Lipinski definition) is 2. The first-order chi connectivity index (χ1) is 8.13. The molecule has 0 amide bonds. The molecule has 0 saturated carbocycles. The first-order valence-corrected chi connectivity index (χ1v) is 6.16. The van der Waals surface area contributed by atoms with E-state index in [0.29, 0.717) is 18.3 Å². The van der Waals surface area contributed by atoms with E-state index in [2.05, 4.69) is 24.6 Å². The molecule has 0 saturated heterocycles. The molecule has 0 fully saturated rings. The van der Waals surface area contributed by atoms with E-state index in [0.717, 1.165) is 18.4 Å². The SMILES string of the molecule is CC(C)n1cc(CCCN)c2ccc(O)cc21. The number of hydrogen-bond acceptors (Lipinski definition) is 2. The van der Waals surface area contributed by atoms with Gasteiger partial charge in [0.2, 0.25) is 0 Å². The summed E-state index contributed by atoms with van der Waals surface area (Å²) in [6.07, 6.45) is 4.18. The van der Waals surface area contributed by atoms with Crippen LogP contribution in [0.15, 0.2) is 24.4 Å². The van der Waals surface area contributed by atoms with Crippen LogP contribution < -0.4 is 5.73 Å². The first kappa shape index (κ1) is 12.0. The molecule has 3 heteroatoms. The highest BCUT2D eigenvalue weighted by Crippen LogP contribution is 2.28. The highest BCUT2D eigenvalue weighted by atomic mass is 16.3. The molecule has 0 aliphatic carbocycles. The second kappa shape index (κ2) is 4.80. The van der Waals surface area contributed by atoms with Gasteiger partial charge in [-0.15, -0.1) is 0 Å². The van der Waals surface area contributed by atoms with Gasteiger partial charge in [-0.2, -0.15) is 0 Å². The fourth-order valence-electron chi connectivity index (χ4n) is 2.23. The lowest BCUT2D eigenvalue weighted by Gasteiger charge is -2.08.